The van der Waals surface area contributed by atoms with E-state index in [0.29, 0.717) is 0 Å². The van der Waals surface area contributed by atoms with Gasteiger partial charge in [0.1, 0.15) is 11.6 Å². The molecule has 0 saturated carbocycles. The van der Waals surface area contributed by atoms with Gasteiger partial charge in [-0.1, -0.05) is 0 Å². The molecule has 0 fully saturated rings. The van der Waals surface area contributed by atoms with Crippen LogP contribution in [-0.4, -0.2) is 29.5 Å². The van der Waals surface area contributed by atoms with Gasteiger partial charge in [-0.25, -0.2) is 8.78 Å². The molecule has 1 atom stereocenters. The molecule has 3 nitrogen and oxygen atoms in total. The van der Waals surface area contributed by atoms with Gasteiger partial charge in [-0.05, 0) is 34.7 Å². The largest absolute Gasteiger partial charge is 0.394 e. The molecule has 0 amide bonds. The minimum absolute atomic E-state index is 0.0377. The minimum Gasteiger partial charge on any atom is -0.394 e. The van der Waals surface area contributed by atoms with E-state index in [9.17, 15) is 8.78 Å². The number of hydrogen-bond acceptors (Lipinski definition) is 3. The molecule has 0 heterocycles. The summed E-state index contributed by atoms with van der Waals surface area (Å²) in [7, 11) is 0. The van der Waals surface area contributed by atoms with Gasteiger partial charge in [-0.2, -0.15) is 0 Å². The summed E-state index contributed by atoms with van der Waals surface area (Å²) < 4.78 is 26.0. The molecule has 0 saturated heterocycles. The lowest BCUT2D eigenvalue weighted by Gasteiger charge is -2.10. The standard InChI is InChI=1S/C9H10F2INO2/c10-7-1-5(2-8(11)9(7)12)13-3-6(15)4-14/h1-2,6,13-15H,3-4H2. The summed E-state index contributed by atoms with van der Waals surface area (Å²) in [6, 6.07) is 2.27. The Morgan fingerprint density at radius 2 is 1.87 bits per heavy atom. The van der Waals surface area contributed by atoms with E-state index in [1.807, 2.05) is 0 Å². The first kappa shape index (κ1) is 12.6. The molecule has 1 aromatic rings. The van der Waals surface area contributed by atoms with Crippen molar-refractivity contribution >= 4 is 28.3 Å². The highest BCUT2D eigenvalue weighted by atomic mass is 127. The van der Waals surface area contributed by atoms with Crippen molar-refractivity contribution < 1.29 is 19.0 Å². The van der Waals surface area contributed by atoms with Crippen molar-refractivity contribution in [3.63, 3.8) is 0 Å². The SMILES string of the molecule is OCC(O)CNc1cc(F)c(I)c(F)c1. The van der Waals surface area contributed by atoms with Crippen LogP contribution in [0.4, 0.5) is 14.5 Å². The number of aliphatic hydroxyl groups excluding tert-OH is 2. The lowest BCUT2D eigenvalue weighted by atomic mass is 10.3. The molecule has 1 rings (SSSR count). The fourth-order valence-corrected chi connectivity index (χ4v) is 1.27. The predicted octanol–water partition coefficient (Wildman–Crippen LogP) is 1.33. The Labute approximate surface area is 99.3 Å². The normalized spacial score (nSPS) is 12.6. The third-order valence-electron chi connectivity index (χ3n) is 1.74. The van der Waals surface area contributed by atoms with E-state index in [2.05, 4.69) is 5.32 Å². The van der Waals surface area contributed by atoms with Crippen LogP contribution in [0.5, 0.6) is 0 Å². The quantitative estimate of drug-likeness (QED) is 0.577. The average Bonchev–Trinajstić information content (AvgIpc) is 2.22. The number of hydrogen-bond donors (Lipinski definition) is 3. The lowest BCUT2D eigenvalue weighted by molar-refractivity contribution is 0.105. The molecule has 0 aliphatic heterocycles. The van der Waals surface area contributed by atoms with Gasteiger partial charge in [0.05, 0.1) is 16.3 Å². The van der Waals surface area contributed by atoms with E-state index in [4.69, 9.17) is 10.2 Å². The van der Waals surface area contributed by atoms with Crippen molar-refractivity contribution in [2.24, 2.45) is 0 Å². The van der Waals surface area contributed by atoms with Gasteiger partial charge in [0, 0.05) is 12.2 Å². The maximum atomic E-state index is 13.0. The fourth-order valence-electron chi connectivity index (χ4n) is 0.958. The number of nitrogens with one attached hydrogen (secondary N) is 1. The van der Waals surface area contributed by atoms with Crippen molar-refractivity contribution in [1.29, 1.82) is 0 Å². The number of aliphatic hydroxyl groups is 2. The highest BCUT2D eigenvalue weighted by Crippen LogP contribution is 2.20. The van der Waals surface area contributed by atoms with E-state index in [1.165, 1.54) is 0 Å². The zero-order valence-corrected chi connectivity index (χ0v) is 9.83. The summed E-state index contributed by atoms with van der Waals surface area (Å²) >= 11 is 1.57. The first-order chi connectivity index (χ1) is 7.04. The Hall–Kier alpha value is -0.470. The molecule has 3 N–H and O–H groups in total. The van der Waals surface area contributed by atoms with Crippen LogP contribution >= 0.6 is 22.6 Å². The predicted molar refractivity (Wildman–Crippen MR) is 60.7 cm³/mol. The minimum atomic E-state index is -0.949. The van der Waals surface area contributed by atoms with Gasteiger partial charge in [-0.15, -0.1) is 0 Å². The van der Waals surface area contributed by atoms with Gasteiger partial charge >= 0.3 is 0 Å². The first-order valence-electron chi connectivity index (χ1n) is 4.22. The molecule has 0 spiro atoms. The maximum Gasteiger partial charge on any atom is 0.141 e. The molecule has 0 bridgehead atoms. The molecular formula is C9H10F2INO2. The molecule has 1 aromatic carbocycles. The third-order valence-corrected chi connectivity index (χ3v) is 2.77. The van der Waals surface area contributed by atoms with Crippen LogP contribution in [0.1, 0.15) is 0 Å². The van der Waals surface area contributed by atoms with Gasteiger partial charge < -0.3 is 15.5 Å². The number of benzene rings is 1. The van der Waals surface area contributed by atoms with Gasteiger partial charge in [-0.3, -0.25) is 0 Å². The third kappa shape index (κ3) is 3.54. The van der Waals surface area contributed by atoms with Crippen molar-refractivity contribution in [3.8, 4) is 0 Å². The second-order valence-electron chi connectivity index (χ2n) is 2.97. The Balaban J connectivity index is 2.70. The Kier molecular flexibility index (Phi) is 4.68. The van der Waals surface area contributed by atoms with E-state index in [0.717, 1.165) is 12.1 Å². The number of halogens is 3. The molecule has 1 unspecified atom stereocenters. The van der Waals surface area contributed by atoms with Crippen LogP contribution < -0.4 is 5.32 Å². The van der Waals surface area contributed by atoms with Crippen LogP contribution in [0, 0.1) is 15.2 Å². The second kappa shape index (κ2) is 5.57. The van der Waals surface area contributed by atoms with Crippen LogP contribution in [0.2, 0.25) is 0 Å². The van der Waals surface area contributed by atoms with Crippen molar-refractivity contribution in [1.82, 2.24) is 0 Å². The highest BCUT2D eigenvalue weighted by Gasteiger charge is 2.08. The van der Waals surface area contributed by atoms with E-state index in [-0.39, 0.29) is 15.8 Å². The summed E-state index contributed by atoms with van der Waals surface area (Å²) in [6.45, 7) is -0.363. The molecular weight excluding hydrogens is 319 g/mol. The molecule has 15 heavy (non-hydrogen) atoms. The van der Waals surface area contributed by atoms with Crippen LogP contribution in [0.15, 0.2) is 12.1 Å². The zero-order valence-electron chi connectivity index (χ0n) is 7.67. The second-order valence-corrected chi connectivity index (χ2v) is 4.05. The van der Waals surface area contributed by atoms with Gasteiger partial charge in [0.25, 0.3) is 0 Å². The van der Waals surface area contributed by atoms with Crippen molar-refractivity contribution in [2.45, 2.75) is 6.10 Å². The summed E-state index contributed by atoms with van der Waals surface area (Å²) in [5.74, 6) is -1.31. The highest BCUT2D eigenvalue weighted by molar-refractivity contribution is 14.1. The topological polar surface area (TPSA) is 52.5 Å². The van der Waals surface area contributed by atoms with E-state index < -0.39 is 24.3 Å². The van der Waals surface area contributed by atoms with Crippen molar-refractivity contribution in [3.05, 3.63) is 27.3 Å². The van der Waals surface area contributed by atoms with Crippen LogP contribution in [0.25, 0.3) is 0 Å². The van der Waals surface area contributed by atoms with Crippen LogP contribution in [-0.2, 0) is 0 Å². The molecule has 0 aliphatic rings. The van der Waals surface area contributed by atoms with E-state index >= 15 is 0 Å². The van der Waals surface area contributed by atoms with Gasteiger partial charge in [0.15, 0.2) is 0 Å². The van der Waals surface area contributed by atoms with Crippen molar-refractivity contribution in [2.75, 3.05) is 18.5 Å². The number of rotatable bonds is 4. The summed E-state index contributed by atoms with van der Waals surface area (Å²) in [4.78, 5) is 0. The van der Waals surface area contributed by atoms with Crippen LogP contribution in [0.3, 0.4) is 0 Å². The molecule has 0 radical (unpaired) electrons. The van der Waals surface area contributed by atoms with Gasteiger partial charge in [0.2, 0.25) is 0 Å². The Morgan fingerprint density at radius 3 is 2.33 bits per heavy atom. The number of anilines is 1. The molecule has 0 aromatic heterocycles. The summed E-state index contributed by atoms with van der Waals surface area (Å²) in [5, 5.41) is 20.1. The average molecular weight is 329 g/mol. The zero-order chi connectivity index (χ0) is 11.4. The summed E-state index contributed by atoms with van der Waals surface area (Å²) in [6.07, 6.45) is -0.949. The first-order valence-corrected chi connectivity index (χ1v) is 5.29. The maximum absolute atomic E-state index is 13.0. The summed E-state index contributed by atoms with van der Waals surface area (Å²) in [5.41, 5.74) is 0.234. The monoisotopic (exact) mass is 329 g/mol. The molecule has 6 heteroatoms. The lowest BCUT2D eigenvalue weighted by Crippen LogP contribution is -2.23. The Bertz CT molecular complexity index is 326. The van der Waals surface area contributed by atoms with E-state index in [1.54, 1.807) is 22.6 Å². The molecule has 0 aliphatic carbocycles. The smallest absolute Gasteiger partial charge is 0.141 e. The molecule has 84 valence electrons. The fraction of sp³-hybridized carbons (Fsp3) is 0.333. The Morgan fingerprint density at radius 1 is 1.33 bits per heavy atom.